The Balaban J connectivity index is 2.16. The Bertz CT molecular complexity index is 564. The molecule has 1 aromatic carbocycles. The van der Waals surface area contributed by atoms with Gasteiger partial charge in [-0.25, -0.2) is 4.99 Å². The SMILES string of the molecule is Cc1c(C)c2c(c(Cl)c1Cl)N=C1CCCCCN1C2. The molecule has 3 rings (SSSR count). The van der Waals surface area contributed by atoms with Crippen LogP contribution in [-0.2, 0) is 6.54 Å². The van der Waals surface area contributed by atoms with Gasteiger partial charge in [0.1, 0.15) is 5.84 Å². The van der Waals surface area contributed by atoms with Crippen LogP contribution in [0.1, 0.15) is 42.4 Å². The Morgan fingerprint density at radius 3 is 2.58 bits per heavy atom. The number of amidine groups is 1. The Morgan fingerprint density at radius 1 is 1.00 bits per heavy atom. The van der Waals surface area contributed by atoms with Gasteiger partial charge < -0.3 is 4.90 Å². The zero-order valence-electron chi connectivity index (χ0n) is 11.4. The van der Waals surface area contributed by atoms with E-state index >= 15 is 0 Å². The van der Waals surface area contributed by atoms with E-state index in [0.717, 1.165) is 30.8 Å². The summed E-state index contributed by atoms with van der Waals surface area (Å²) in [5.74, 6) is 1.19. The summed E-state index contributed by atoms with van der Waals surface area (Å²) in [6, 6.07) is 0. The van der Waals surface area contributed by atoms with Crippen molar-refractivity contribution < 1.29 is 0 Å². The molecule has 0 aromatic heterocycles. The summed E-state index contributed by atoms with van der Waals surface area (Å²) < 4.78 is 0. The van der Waals surface area contributed by atoms with Crippen molar-refractivity contribution in [3.8, 4) is 0 Å². The normalized spacial score (nSPS) is 18.5. The van der Waals surface area contributed by atoms with E-state index in [1.54, 1.807) is 0 Å². The molecule has 2 heterocycles. The summed E-state index contributed by atoms with van der Waals surface area (Å²) in [7, 11) is 0. The average molecular weight is 297 g/mol. The molecule has 4 heteroatoms. The van der Waals surface area contributed by atoms with E-state index < -0.39 is 0 Å². The molecule has 0 spiro atoms. The van der Waals surface area contributed by atoms with Gasteiger partial charge in [-0.3, -0.25) is 0 Å². The van der Waals surface area contributed by atoms with Crippen LogP contribution in [0.2, 0.25) is 10.0 Å². The van der Waals surface area contributed by atoms with Gasteiger partial charge in [0.15, 0.2) is 0 Å². The minimum Gasteiger partial charge on any atom is -0.356 e. The predicted molar refractivity (Wildman–Crippen MR) is 81.9 cm³/mol. The molecule has 0 unspecified atom stereocenters. The maximum Gasteiger partial charge on any atom is 0.105 e. The summed E-state index contributed by atoms with van der Waals surface area (Å²) in [4.78, 5) is 7.22. The summed E-state index contributed by atoms with van der Waals surface area (Å²) in [5.41, 5.74) is 4.47. The van der Waals surface area contributed by atoms with Gasteiger partial charge >= 0.3 is 0 Å². The van der Waals surface area contributed by atoms with Gasteiger partial charge in [0.2, 0.25) is 0 Å². The van der Waals surface area contributed by atoms with Crippen LogP contribution in [0.4, 0.5) is 5.69 Å². The number of halogens is 2. The number of benzene rings is 1. The predicted octanol–water partition coefficient (Wildman–Crippen LogP) is 5.03. The quantitative estimate of drug-likeness (QED) is 0.655. The zero-order chi connectivity index (χ0) is 13.6. The number of nitrogens with zero attached hydrogens (tertiary/aromatic N) is 2. The number of hydrogen-bond acceptors (Lipinski definition) is 2. The molecule has 0 bridgehead atoms. The topological polar surface area (TPSA) is 15.6 Å². The first-order valence-corrected chi connectivity index (χ1v) is 7.64. The monoisotopic (exact) mass is 296 g/mol. The molecule has 19 heavy (non-hydrogen) atoms. The zero-order valence-corrected chi connectivity index (χ0v) is 12.9. The molecule has 1 saturated heterocycles. The highest BCUT2D eigenvalue weighted by Gasteiger charge is 2.26. The minimum atomic E-state index is 0.621. The number of hydrogen-bond donors (Lipinski definition) is 0. The molecule has 0 aliphatic carbocycles. The standard InChI is InChI=1S/C15H18Cl2N2/c1-9-10(2)13(16)14(17)15-11(9)8-19-7-5-3-4-6-12(19)18-15/h3-8H2,1-2H3. The lowest BCUT2D eigenvalue weighted by atomic mass is 9.99. The molecule has 0 amide bonds. The van der Waals surface area contributed by atoms with Crippen LogP contribution in [0.15, 0.2) is 4.99 Å². The van der Waals surface area contributed by atoms with Crippen LogP contribution in [0.5, 0.6) is 0 Å². The van der Waals surface area contributed by atoms with Crippen LogP contribution in [0.3, 0.4) is 0 Å². The van der Waals surface area contributed by atoms with E-state index in [0.29, 0.717) is 10.0 Å². The Morgan fingerprint density at radius 2 is 1.79 bits per heavy atom. The van der Waals surface area contributed by atoms with Crippen LogP contribution in [0.25, 0.3) is 0 Å². The molecule has 0 N–H and O–H groups in total. The fourth-order valence-electron chi connectivity index (χ4n) is 2.95. The maximum atomic E-state index is 6.40. The van der Waals surface area contributed by atoms with E-state index in [-0.39, 0.29) is 0 Å². The van der Waals surface area contributed by atoms with E-state index in [4.69, 9.17) is 28.2 Å². The first kappa shape index (κ1) is 13.3. The molecule has 1 fully saturated rings. The van der Waals surface area contributed by atoms with Gasteiger partial charge in [-0.05, 0) is 37.8 Å². The smallest absolute Gasteiger partial charge is 0.105 e. The molecular weight excluding hydrogens is 279 g/mol. The van der Waals surface area contributed by atoms with Gasteiger partial charge in [0.05, 0.1) is 15.7 Å². The van der Waals surface area contributed by atoms with Crippen molar-refractivity contribution >= 4 is 34.7 Å². The minimum absolute atomic E-state index is 0.621. The van der Waals surface area contributed by atoms with E-state index in [2.05, 4.69) is 11.8 Å². The summed E-state index contributed by atoms with van der Waals surface area (Å²) in [6.07, 6.45) is 4.83. The molecule has 0 atom stereocenters. The molecule has 2 aliphatic heterocycles. The van der Waals surface area contributed by atoms with Gasteiger partial charge in [0, 0.05) is 25.1 Å². The third kappa shape index (κ3) is 2.15. The Kier molecular flexibility index (Phi) is 3.48. The van der Waals surface area contributed by atoms with Gasteiger partial charge in [-0.15, -0.1) is 0 Å². The molecule has 102 valence electrons. The average Bonchev–Trinajstić information content (AvgIpc) is 2.65. The lowest BCUT2D eigenvalue weighted by Gasteiger charge is -2.31. The van der Waals surface area contributed by atoms with E-state index in [1.165, 1.54) is 36.2 Å². The van der Waals surface area contributed by atoms with Crippen molar-refractivity contribution in [2.24, 2.45) is 4.99 Å². The highest BCUT2D eigenvalue weighted by molar-refractivity contribution is 6.44. The van der Waals surface area contributed by atoms with Gasteiger partial charge in [-0.1, -0.05) is 29.6 Å². The van der Waals surface area contributed by atoms with Crippen molar-refractivity contribution in [1.29, 1.82) is 0 Å². The fourth-order valence-corrected chi connectivity index (χ4v) is 3.48. The molecule has 0 radical (unpaired) electrons. The second-order valence-electron chi connectivity index (χ2n) is 5.47. The largest absolute Gasteiger partial charge is 0.356 e. The molecule has 2 aliphatic rings. The second-order valence-corrected chi connectivity index (χ2v) is 6.22. The fraction of sp³-hybridized carbons (Fsp3) is 0.533. The highest BCUT2D eigenvalue weighted by Crippen LogP contribution is 2.43. The molecular formula is C15H18Cl2N2. The third-order valence-corrected chi connectivity index (χ3v) is 5.25. The highest BCUT2D eigenvalue weighted by atomic mass is 35.5. The number of rotatable bonds is 0. The summed E-state index contributed by atoms with van der Waals surface area (Å²) in [6.45, 7) is 6.19. The van der Waals surface area contributed by atoms with Crippen LogP contribution < -0.4 is 0 Å². The van der Waals surface area contributed by atoms with Gasteiger partial charge in [-0.2, -0.15) is 0 Å². The lowest BCUT2D eigenvalue weighted by molar-refractivity contribution is 0.402. The summed E-state index contributed by atoms with van der Waals surface area (Å²) >= 11 is 12.7. The first-order valence-electron chi connectivity index (χ1n) is 6.89. The van der Waals surface area contributed by atoms with Gasteiger partial charge in [0.25, 0.3) is 0 Å². The molecule has 1 aromatic rings. The van der Waals surface area contributed by atoms with Crippen LogP contribution in [-0.4, -0.2) is 17.3 Å². The number of fused-ring (bicyclic) bond motifs is 2. The van der Waals surface area contributed by atoms with Crippen LogP contribution >= 0.6 is 23.2 Å². The maximum absolute atomic E-state index is 6.40. The Labute approximate surface area is 124 Å². The third-order valence-electron chi connectivity index (χ3n) is 4.31. The second kappa shape index (κ2) is 4.99. The number of aliphatic imine (C=N–C) groups is 1. The van der Waals surface area contributed by atoms with Crippen molar-refractivity contribution in [1.82, 2.24) is 4.90 Å². The van der Waals surface area contributed by atoms with Crippen molar-refractivity contribution in [3.05, 3.63) is 26.7 Å². The summed E-state index contributed by atoms with van der Waals surface area (Å²) in [5, 5.41) is 1.28. The molecule has 2 nitrogen and oxygen atoms in total. The first-order chi connectivity index (χ1) is 9.09. The van der Waals surface area contributed by atoms with Crippen LogP contribution in [0, 0.1) is 13.8 Å². The van der Waals surface area contributed by atoms with Crippen molar-refractivity contribution in [3.63, 3.8) is 0 Å². The van der Waals surface area contributed by atoms with E-state index in [9.17, 15) is 0 Å². The Hall–Kier alpha value is -0.730. The lowest BCUT2D eigenvalue weighted by Crippen LogP contribution is -2.32. The van der Waals surface area contributed by atoms with Crippen molar-refractivity contribution in [2.45, 2.75) is 46.1 Å². The van der Waals surface area contributed by atoms with E-state index in [1.807, 2.05) is 6.92 Å². The van der Waals surface area contributed by atoms with Crippen molar-refractivity contribution in [2.75, 3.05) is 6.54 Å². The molecule has 0 saturated carbocycles.